The molecule has 0 aliphatic rings. The third kappa shape index (κ3) is 35.7. The van der Waals surface area contributed by atoms with Gasteiger partial charge in [0.1, 0.15) is 6.10 Å². The van der Waals surface area contributed by atoms with Gasteiger partial charge in [-0.15, -0.1) is 0 Å². The van der Waals surface area contributed by atoms with Crippen LogP contribution in [0.3, 0.4) is 0 Å². The van der Waals surface area contributed by atoms with Crippen LogP contribution in [0.2, 0.25) is 0 Å². The third-order valence-electron chi connectivity index (χ3n) is 8.93. The number of rotatable bonds is 37. The monoisotopic (exact) mass is 611 g/mol. The summed E-state index contributed by atoms with van der Waals surface area (Å²) in [6.45, 7) is 5.39. The molecule has 1 atom stereocenters. The number of aliphatic hydroxyl groups is 1. The van der Waals surface area contributed by atoms with Gasteiger partial charge in [0, 0.05) is 13.0 Å². The number of esters is 1. The van der Waals surface area contributed by atoms with Crippen LogP contribution in [0.1, 0.15) is 219 Å². The molecule has 0 aliphatic heterocycles. The number of ether oxygens (including phenoxy) is 2. The Balaban J connectivity index is 3.37. The lowest BCUT2D eigenvalue weighted by Gasteiger charge is -2.16. The normalized spacial score (nSPS) is 12.2. The van der Waals surface area contributed by atoms with Crippen molar-refractivity contribution in [2.24, 2.45) is 0 Å². The summed E-state index contributed by atoms with van der Waals surface area (Å²) in [5.41, 5.74) is 0. The third-order valence-corrected chi connectivity index (χ3v) is 8.93. The quantitative estimate of drug-likeness (QED) is 0.0561. The zero-order valence-electron chi connectivity index (χ0n) is 29.5. The Morgan fingerprint density at radius 3 is 1.09 bits per heavy atom. The van der Waals surface area contributed by atoms with Crippen molar-refractivity contribution in [2.75, 3.05) is 19.8 Å². The maximum absolute atomic E-state index is 12.2. The van der Waals surface area contributed by atoms with E-state index in [0.29, 0.717) is 19.6 Å². The lowest BCUT2D eigenvalue weighted by molar-refractivity contribution is -0.154. The van der Waals surface area contributed by atoms with Gasteiger partial charge in [0.15, 0.2) is 0 Å². The zero-order valence-corrected chi connectivity index (χ0v) is 29.5. The first kappa shape index (κ1) is 42.4. The van der Waals surface area contributed by atoms with E-state index in [1.807, 2.05) is 0 Å². The van der Waals surface area contributed by atoms with Crippen molar-refractivity contribution < 1.29 is 19.4 Å². The molecule has 0 aromatic heterocycles. The van der Waals surface area contributed by atoms with E-state index in [4.69, 9.17) is 9.47 Å². The number of carbonyl (C=O) groups excluding carboxylic acids is 1. The lowest BCUT2D eigenvalue weighted by atomic mass is 10.0. The second kappa shape index (κ2) is 37.6. The molecule has 0 fully saturated rings. The minimum atomic E-state index is -0.523. The summed E-state index contributed by atoms with van der Waals surface area (Å²) < 4.78 is 11.1. The van der Waals surface area contributed by atoms with E-state index in [1.165, 1.54) is 180 Å². The number of aliphatic hydroxyl groups excluding tert-OH is 1. The lowest BCUT2D eigenvalue weighted by Crippen LogP contribution is -2.27. The molecule has 0 radical (unpaired) electrons. The first-order chi connectivity index (χ1) is 21.2. The largest absolute Gasteiger partial charge is 0.457 e. The maximum Gasteiger partial charge on any atom is 0.306 e. The van der Waals surface area contributed by atoms with Crippen LogP contribution >= 0.6 is 0 Å². The van der Waals surface area contributed by atoms with Crippen LogP contribution < -0.4 is 0 Å². The van der Waals surface area contributed by atoms with Gasteiger partial charge in [-0.05, 0) is 12.8 Å². The Morgan fingerprint density at radius 2 is 0.767 bits per heavy atom. The summed E-state index contributed by atoms with van der Waals surface area (Å²) in [5, 5.41) is 9.56. The smallest absolute Gasteiger partial charge is 0.306 e. The minimum Gasteiger partial charge on any atom is -0.457 e. The van der Waals surface area contributed by atoms with Gasteiger partial charge in [-0.1, -0.05) is 200 Å². The molecule has 43 heavy (non-hydrogen) atoms. The Bertz CT molecular complexity index is 523. The molecule has 4 heteroatoms. The number of hydrogen-bond donors (Lipinski definition) is 1. The zero-order chi connectivity index (χ0) is 31.3. The van der Waals surface area contributed by atoms with Crippen molar-refractivity contribution in [3.63, 3.8) is 0 Å². The van der Waals surface area contributed by atoms with Crippen LogP contribution in [-0.2, 0) is 14.3 Å². The second-order valence-electron chi connectivity index (χ2n) is 13.4. The van der Waals surface area contributed by atoms with E-state index >= 15 is 0 Å². The van der Waals surface area contributed by atoms with Crippen molar-refractivity contribution in [2.45, 2.75) is 225 Å². The number of hydrogen-bond acceptors (Lipinski definition) is 4. The Hall–Kier alpha value is -0.610. The van der Waals surface area contributed by atoms with E-state index in [2.05, 4.69) is 13.8 Å². The molecule has 0 saturated carbocycles. The van der Waals surface area contributed by atoms with Crippen LogP contribution in [0, 0.1) is 0 Å². The average molecular weight is 611 g/mol. The highest BCUT2D eigenvalue weighted by Crippen LogP contribution is 2.15. The number of unbranched alkanes of at least 4 members (excludes halogenated alkanes) is 29. The molecular formula is C39H78O4. The molecule has 0 rings (SSSR count). The SMILES string of the molecule is CCCCCCCCCCCCCCCCCCCC(=O)OC(CO)COCCCCCCCCCCCCCCCC. The van der Waals surface area contributed by atoms with Gasteiger partial charge >= 0.3 is 5.97 Å². The van der Waals surface area contributed by atoms with Gasteiger partial charge in [-0.25, -0.2) is 0 Å². The van der Waals surface area contributed by atoms with Crippen molar-refractivity contribution in [1.82, 2.24) is 0 Å². The van der Waals surface area contributed by atoms with Gasteiger partial charge in [-0.3, -0.25) is 4.79 Å². The molecule has 1 unspecified atom stereocenters. The minimum absolute atomic E-state index is 0.163. The van der Waals surface area contributed by atoms with E-state index in [0.717, 1.165) is 19.3 Å². The maximum atomic E-state index is 12.2. The first-order valence-corrected chi connectivity index (χ1v) is 19.6. The van der Waals surface area contributed by atoms with Gasteiger partial charge in [-0.2, -0.15) is 0 Å². The van der Waals surface area contributed by atoms with Crippen molar-refractivity contribution in [3.05, 3.63) is 0 Å². The van der Waals surface area contributed by atoms with Crippen LogP contribution in [-0.4, -0.2) is 37.0 Å². The molecule has 0 aromatic carbocycles. The average Bonchev–Trinajstić information content (AvgIpc) is 3.01. The predicted octanol–water partition coefficient (Wildman–Crippen LogP) is 12.4. The van der Waals surface area contributed by atoms with Gasteiger partial charge in [0.05, 0.1) is 13.2 Å². The van der Waals surface area contributed by atoms with Gasteiger partial charge in [0.2, 0.25) is 0 Å². The molecule has 258 valence electrons. The van der Waals surface area contributed by atoms with Crippen molar-refractivity contribution in [3.8, 4) is 0 Å². The van der Waals surface area contributed by atoms with Crippen LogP contribution in [0.5, 0.6) is 0 Å². The standard InChI is InChI=1S/C39H78O4/c1-3-5-7-9-11-13-15-17-19-20-21-22-24-26-28-30-32-34-39(41)43-38(36-40)37-42-35-33-31-29-27-25-23-18-16-14-12-10-8-6-4-2/h38,40H,3-37H2,1-2H3. The molecule has 0 amide bonds. The van der Waals surface area contributed by atoms with Crippen LogP contribution in [0.15, 0.2) is 0 Å². The molecule has 0 heterocycles. The Kier molecular flexibility index (Phi) is 37.0. The first-order valence-electron chi connectivity index (χ1n) is 19.6. The van der Waals surface area contributed by atoms with E-state index in [1.54, 1.807) is 0 Å². The molecule has 0 aliphatic carbocycles. The van der Waals surface area contributed by atoms with Crippen molar-refractivity contribution >= 4 is 5.97 Å². The summed E-state index contributed by atoms with van der Waals surface area (Å²) in [7, 11) is 0. The summed E-state index contributed by atoms with van der Waals surface area (Å²) in [6.07, 6.45) is 41.4. The summed E-state index contributed by atoms with van der Waals surface area (Å²) >= 11 is 0. The molecule has 0 aromatic rings. The topological polar surface area (TPSA) is 55.8 Å². The van der Waals surface area contributed by atoms with E-state index in [-0.39, 0.29) is 12.6 Å². The fourth-order valence-corrected chi connectivity index (χ4v) is 5.98. The summed E-state index contributed by atoms with van der Waals surface area (Å²) in [6, 6.07) is 0. The summed E-state index contributed by atoms with van der Waals surface area (Å²) in [5.74, 6) is -0.194. The number of carbonyl (C=O) groups is 1. The fourth-order valence-electron chi connectivity index (χ4n) is 5.98. The van der Waals surface area contributed by atoms with Gasteiger partial charge in [0.25, 0.3) is 0 Å². The molecule has 4 nitrogen and oxygen atoms in total. The van der Waals surface area contributed by atoms with Crippen molar-refractivity contribution in [1.29, 1.82) is 0 Å². The molecule has 0 saturated heterocycles. The Labute approximate surface area is 270 Å². The highest BCUT2D eigenvalue weighted by atomic mass is 16.6. The molecule has 0 bridgehead atoms. The predicted molar refractivity (Wildman–Crippen MR) is 187 cm³/mol. The van der Waals surface area contributed by atoms with E-state index < -0.39 is 6.10 Å². The van der Waals surface area contributed by atoms with Crippen LogP contribution in [0.25, 0.3) is 0 Å². The van der Waals surface area contributed by atoms with Crippen LogP contribution in [0.4, 0.5) is 0 Å². The highest BCUT2D eigenvalue weighted by Gasteiger charge is 2.13. The van der Waals surface area contributed by atoms with E-state index in [9.17, 15) is 9.90 Å². The highest BCUT2D eigenvalue weighted by molar-refractivity contribution is 5.69. The molecule has 1 N–H and O–H groups in total. The second-order valence-corrected chi connectivity index (χ2v) is 13.4. The summed E-state index contributed by atoms with van der Waals surface area (Å²) in [4.78, 5) is 12.2. The molecule has 0 spiro atoms. The molecular weight excluding hydrogens is 532 g/mol. The van der Waals surface area contributed by atoms with Gasteiger partial charge < -0.3 is 14.6 Å². The Morgan fingerprint density at radius 1 is 0.465 bits per heavy atom. The fraction of sp³-hybridized carbons (Fsp3) is 0.974.